The Bertz CT molecular complexity index is 2520. The molecular weight excluding hydrogens is 917 g/mol. The third-order valence-corrected chi connectivity index (χ3v) is 14.0. The first-order valence-electron chi connectivity index (χ1n) is 23.6. The van der Waals surface area contributed by atoms with E-state index in [1.807, 2.05) is 42.5 Å². The lowest BCUT2D eigenvalue weighted by atomic mass is 9.84. The maximum atomic E-state index is 13.0. The molecule has 0 N–H and O–H groups in total. The summed E-state index contributed by atoms with van der Waals surface area (Å²) in [6, 6.07) is 13.6. The van der Waals surface area contributed by atoms with Gasteiger partial charge in [-0.3, -0.25) is 0 Å². The molecular formula is C54H72N2O15+2. The van der Waals surface area contributed by atoms with Crippen LogP contribution < -0.4 is 52.1 Å². The zero-order valence-electron chi connectivity index (χ0n) is 43.6. The number of ether oxygens (including phenoxy) is 13. The normalized spacial score (nSPS) is 19.1. The predicted octanol–water partition coefficient (Wildman–Crippen LogP) is 7.28. The maximum Gasteiger partial charge on any atom is 0.331 e. The lowest BCUT2D eigenvalue weighted by Gasteiger charge is -2.46. The van der Waals surface area contributed by atoms with Gasteiger partial charge < -0.3 is 70.5 Å². The minimum atomic E-state index is -0.641. The Morgan fingerprint density at radius 3 is 1.41 bits per heavy atom. The van der Waals surface area contributed by atoms with Crippen LogP contribution in [0.15, 0.2) is 54.6 Å². The molecule has 2 heterocycles. The number of fused-ring (bicyclic) bond motifs is 2. The van der Waals surface area contributed by atoms with Crippen LogP contribution >= 0.6 is 0 Å². The summed E-state index contributed by atoms with van der Waals surface area (Å²) in [5.41, 5.74) is 6.13. The van der Waals surface area contributed by atoms with Crippen LogP contribution in [0.2, 0.25) is 0 Å². The molecule has 0 spiro atoms. The van der Waals surface area contributed by atoms with Crippen molar-refractivity contribution in [3.05, 3.63) is 88.0 Å². The highest BCUT2D eigenvalue weighted by molar-refractivity contribution is 5.91. The number of carbonyl (C=O) groups excluding carboxylic acids is 2. The van der Waals surface area contributed by atoms with Crippen molar-refractivity contribution in [2.24, 2.45) is 0 Å². The zero-order valence-corrected chi connectivity index (χ0v) is 43.6. The van der Waals surface area contributed by atoms with Gasteiger partial charge in [-0.1, -0.05) is 6.07 Å². The minimum absolute atomic E-state index is 0.0666. The first kappa shape index (κ1) is 53.6. The largest absolute Gasteiger partial charge is 0.493 e. The quantitative estimate of drug-likeness (QED) is 0.0299. The molecule has 4 unspecified atom stereocenters. The number of hydrogen-bond donors (Lipinski definition) is 0. The average Bonchev–Trinajstić information content (AvgIpc) is 3.39. The van der Waals surface area contributed by atoms with Gasteiger partial charge in [0.25, 0.3) is 0 Å². The van der Waals surface area contributed by atoms with Crippen molar-refractivity contribution in [3.8, 4) is 63.2 Å². The Morgan fingerprint density at radius 2 is 0.930 bits per heavy atom. The third kappa shape index (κ3) is 11.3. The summed E-state index contributed by atoms with van der Waals surface area (Å²) in [6.45, 7) is 3.14. The first-order chi connectivity index (χ1) is 34.2. The van der Waals surface area contributed by atoms with Gasteiger partial charge >= 0.3 is 11.9 Å². The van der Waals surface area contributed by atoms with Crippen LogP contribution in [0.1, 0.15) is 58.3 Å². The summed E-state index contributed by atoms with van der Waals surface area (Å²) in [6.07, 6.45) is 5.46. The summed E-state index contributed by atoms with van der Waals surface area (Å²) < 4.78 is 76.1. The van der Waals surface area contributed by atoms with Crippen molar-refractivity contribution in [1.82, 2.24) is 0 Å². The summed E-state index contributed by atoms with van der Waals surface area (Å²) in [5, 5.41) is 0. The standard InChI is InChI=1S/C54H72N2O15/c1-55(24-20-35-30-43(63-7)51(66-10)53(68-12)47(35)38(55)28-34-16-17-39(59-3)40(29-34)60-4)22-14-26-70-45(57)18-19-46(58)71-27-15-23-56(2)25-21-36-31-44(64-8)52(67-11)54(69-13)48(36)49(56)37-32-41(61-5)50(65-9)42(33-37)62-6/h16-19,29-33,38,49H,14-15,20-28H2,1-13H3/q+2. The maximum absolute atomic E-state index is 13.0. The van der Waals surface area contributed by atoms with E-state index in [-0.39, 0.29) is 25.3 Å². The molecule has 0 saturated carbocycles. The Morgan fingerprint density at radius 1 is 0.493 bits per heavy atom. The average molecular weight is 989 g/mol. The van der Waals surface area contributed by atoms with Gasteiger partial charge in [-0.15, -0.1) is 0 Å². The molecule has 17 heteroatoms. The fraction of sp³-hybridized carbons (Fsp3) is 0.481. The van der Waals surface area contributed by atoms with E-state index in [9.17, 15) is 9.59 Å². The number of quaternary nitrogens is 2. The van der Waals surface area contributed by atoms with E-state index in [1.54, 1.807) is 78.2 Å². The van der Waals surface area contributed by atoms with E-state index in [0.29, 0.717) is 105 Å². The number of carbonyl (C=O) groups is 2. The molecule has 0 bridgehead atoms. The van der Waals surface area contributed by atoms with E-state index >= 15 is 0 Å². The molecule has 6 rings (SSSR count). The molecule has 0 fully saturated rings. The van der Waals surface area contributed by atoms with E-state index in [2.05, 4.69) is 14.1 Å². The van der Waals surface area contributed by atoms with Crippen LogP contribution in [0.25, 0.3) is 0 Å². The summed E-state index contributed by atoms with van der Waals surface area (Å²) in [7, 11) is 22.1. The smallest absolute Gasteiger partial charge is 0.331 e. The molecule has 0 amide bonds. The van der Waals surface area contributed by atoms with Crippen LogP contribution in [0.5, 0.6) is 63.2 Å². The number of nitrogens with zero attached hydrogens (tertiary/aromatic N) is 2. The fourth-order valence-corrected chi connectivity index (χ4v) is 10.5. The lowest BCUT2D eigenvalue weighted by molar-refractivity contribution is -0.941. The second-order valence-electron chi connectivity index (χ2n) is 17.9. The highest BCUT2D eigenvalue weighted by atomic mass is 16.6. The molecule has 4 aromatic carbocycles. The molecule has 386 valence electrons. The van der Waals surface area contributed by atoms with Gasteiger partial charge in [0.1, 0.15) is 12.1 Å². The monoisotopic (exact) mass is 988 g/mol. The number of rotatable bonds is 24. The zero-order chi connectivity index (χ0) is 51.5. The molecule has 0 saturated heterocycles. The highest BCUT2D eigenvalue weighted by Crippen LogP contribution is 2.54. The number of benzene rings is 4. The van der Waals surface area contributed by atoms with Crippen molar-refractivity contribution in [1.29, 1.82) is 0 Å². The number of esters is 2. The number of methoxy groups -OCH3 is 11. The highest BCUT2D eigenvalue weighted by Gasteiger charge is 2.45. The molecule has 4 aromatic rings. The summed E-state index contributed by atoms with van der Waals surface area (Å²) in [4.78, 5) is 25.9. The van der Waals surface area contributed by atoms with E-state index in [1.165, 1.54) is 0 Å². The van der Waals surface area contributed by atoms with Crippen molar-refractivity contribution in [3.63, 3.8) is 0 Å². The van der Waals surface area contributed by atoms with Crippen LogP contribution in [0.3, 0.4) is 0 Å². The Kier molecular flexibility index (Phi) is 18.1. The molecule has 0 radical (unpaired) electrons. The van der Waals surface area contributed by atoms with Gasteiger partial charge in [-0.2, -0.15) is 0 Å². The van der Waals surface area contributed by atoms with Crippen molar-refractivity contribution in [2.45, 2.75) is 44.2 Å². The van der Waals surface area contributed by atoms with Crippen molar-refractivity contribution < 1.29 is 80.1 Å². The van der Waals surface area contributed by atoms with E-state index < -0.39 is 11.9 Å². The molecule has 0 aliphatic carbocycles. The second kappa shape index (κ2) is 23.9. The summed E-state index contributed by atoms with van der Waals surface area (Å²) >= 11 is 0. The van der Waals surface area contributed by atoms with Gasteiger partial charge in [-0.25, -0.2) is 9.59 Å². The van der Waals surface area contributed by atoms with Gasteiger partial charge in [-0.05, 0) is 53.1 Å². The predicted molar refractivity (Wildman–Crippen MR) is 266 cm³/mol. The minimum Gasteiger partial charge on any atom is -0.493 e. The topological polar surface area (TPSA) is 154 Å². The van der Waals surface area contributed by atoms with Crippen LogP contribution in [-0.4, -0.2) is 153 Å². The fourth-order valence-electron chi connectivity index (χ4n) is 10.5. The molecule has 71 heavy (non-hydrogen) atoms. The van der Waals surface area contributed by atoms with Crippen LogP contribution in [0.4, 0.5) is 0 Å². The number of hydrogen-bond acceptors (Lipinski definition) is 15. The Hall–Kier alpha value is -6.72. The van der Waals surface area contributed by atoms with E-state index in [4.69, 9.17) is 61.6 Å². The van der Waals surface area contributed by atoms with Crippen LogP contribution in [0, 0.1) is 0 Å². The molecule has 2 aliphatic rings. The molecule has 2 aliphatic heterocycles. The second-order valence-corrected chi connectivity index (χ2v) is 17.9. The van der Waals surface area contributed by atoms with Gasteiger partial charge in [0, 0.05) is 49.8 Å². The summed E-state index contributed by atoms with van der Waals surface area (Å²) in [5.74, 6) is 4.95. The number of likely N-dealkylation sites (N-methyl/N-ethyl adjacent to an activating group) is 2. The van der Waals surface area contributed by atoms with Crippen molar-refractivity contribution in [2.75, 3.05) is 132 Å². The molecule has 0 aromatic heterocycles. The van der Waals surface area contributed by atoms with Gasteiger partial charge in [0.2, 0.25) is 17.2 Å². The molecule has 4 atom stereocenters. The Labute approximate surface area is 418 Å². The third-order valence-electron chi connectivity index (χ3n) is 14.0. The first-order valence-corrected chi connectivity index (χ1v) is 23.6. The van der Waals surface area contributed by atoms with Gasteiger partial charge in [0.15, 0.2) is 46.0 Å². The SMILES string of the molecule is COc1ccc(CC2c3c(cc(OC)c(OC)c3OC)CC[N+]2(C)CCCOC(=O)C=CC(=O)OCCC[N+]2(C)CCc3cc(OC)c(OC)c(OC)c3C2c2cc(OC)c(OC)c(OC)c2)cc1OC. The molecule has 17 nitrogen and oxygen atoms in total. The lowest BCUT2D eigenvalue weighted by Crippen LogP contribution is -2.52. The van der Waals surface area contributed by atoms with Crippen molar-refractivity contribution >= 4 is 11.9 Å². The van der Waals surface area contributed by atoms with E-state index in [0.717, 1.165) is 71.5 Å². The van der Waals surface area contributed by atoms with Gasteiger partial charge in [0.05, 0.1) is 143 Å². The van der Waals surface area contributed by atoms with Crippen LogP contribution in [-0.2, 0) is 38.3 Å². The Balaban J connectivity index is 1.11.